The minimum Gasteiger partial charge on any atom is -0.375 e. The summed E-state index contributed by atoms with van der Waals surface area (Å²) in [5.74, 6) is -0.0341. The van der Waals surface area contributed by atoms with E-state index < -0.39 is 5.41 Å². The first-order valence-electron chi connectivity index (χ1n) is 9.89. The number of likely N-dealkylation sites (tertiary alicyclic amines) is 2. The molecule has 0 saturated carbocycles. The van der Waals surface area contributed by atoms with Crippen LogP contribution in [0.15, 0.2) is 17.6 Å². The number of rotatable bonds is 5. The molecule has 1 spiro atoms. The number of thiazole rings is 1. The standard InChI is InChI=1S/C20H27N5O3S/c1-14-22-15(12-29-14)9-24-8-4-6-20(19(24)27)13-25(18(26)11-28-3)10-16(20)17-5-7-21-23(17)2/h5,7,12,16H,4,6,8-11,13H2,1-3H3/t16-,20+/m0/s1. The van der Waals surface area contributed by atoms with E-state index in [2.05, 4.69) is 10.1 Å². The Kier molecular flexibility index (Phi) is 5.44. The lowest BCUT2D eigenvalue weighted by Gasteiger charge is -2.42. The van der Waals surface area contributed by atoms with Gasteiger partial charge in [-0.2, -0.15) is 5.10 Å². The van der Waals surface area contributed by atoms with Gasteiger partial charge in [0.1, 0.15) is 6.61 Å². The molecule has 0 radical (unpaired) electrons. The second kappa shape index (κ2) is 7.87. The number of aryl methyl sites for hydroxylation is 2. The van der Waals surface area contributed by atoms with Crippen LogP contribution in [0.4, 0.5) is 0 Å². The van der Waals surface area contributed by atoms with Crippen LogP contribution in [0.1, 0.15) is 35.2 Å². The van der Waals surface area contributed by atoms with Crippen LogP contribution in [0.25, 0.3) is 0 Å². The van der Waals surface area contributed by atoms with E-state index in [9.17, 15) is 9.59 Å². The Morgan fingerprint density at radius 1 is 1.45 bits per heavy atom. The summed E-state index contributed by atoms with van der Waals surface area (Å²) in [5, 5.41) is 7.34. The van der Waals surface area contributed by atoms with Crippen molar-refractivity contribution in [3.63, 3.8) is 0 Å². The van der Waals surface area contributed by atoms with E-state index in [4.69, 9.17) is 4.74 Å². The van der Waals surface area contributed by atoms with E-state index in [1.165, 1.54) is 7.11 Å². The summed E-state index contributed by atoms with van der Waals surface area (Å²) in [6, 6.07) is 1.97. The molecule has 2 saturated heterocycles. The van der Waals surface area contributed by atoms with Gasteiger partial charge < -0.3 is 14.5 Å². The van der Waals surface area contributed by atoms with Crippen LogP contribution in [0, 0.1) is 12.3 Å². The number of hydrogen-bond donors (Lipinski definition) is 0. The molecule has 0 aliphatic carbocycles. The fourth-order valence-corrected chi connectivity index (χ4v) is 5.43. The van der Waals surface area contributed by atoms with Crippen LogP contribution in [0.5, 0.6) is 0 Å². The molecule has 0 unspecified atom stereocenters. The smallest absolute Gasteiger partial charge is 0.248 e. The monoisotopic (exact) mass is 417 g/mol. The van der Waals surface area contributed by atoms with Crippen LogP contribution in [0.3, 0.4) is 0 Å². The molecule has 0 N–H and O–H groups in total. The molecule has 0 aromatic carbocycles. The summed E-state index contributed by atoms with van der Waals surface area (Å²) in [5.41, 5.74) is 1.30. The highest BCUT2D eigenvalue weighted by Crippen LogP contribution is 2.49. The molecule has 4 heterocycles. The third-order valence-electron chi connectivity index (χ3n) is 6.16. The first kappa shape index (κ1) is 20.0. The predicted molar refractivity (Wildman–Crippen MR) is 108 cm³/mol. The molecule has 2 aromatic rings. The molecule has 9 heteroatoms. The third kappa shape index (κ3) is 3.57. The van der Waals surface area contributed by atoms with Gasteiger partial charge in [-0.3, -0.25) is 14.3 Å². The van der Waals surface area contributed by atoms with Crippen molar-refractivity contribution in [2.75, 3.05) is 33.4 Å². The molecule has 8 nitrogen and oxygen atoms in total. The van der Waals surface area contributed by atoms with E-state index >= 15 is 0 Å². The van der Waals surface area contributed by atoms with Crippen molar-refractivity contribution in [1.82, 2.24) is 24.6 Å². The molecule has 2 amide bonds. The zero-order chi connectivity index (χ0) is 20.6. The second-order valence-electron chi connectivity index (χ2n) is 7.98. The molecule has 156 valence electrons. The average molecular weight is 418 g/mol. The predicted octanol–water partition coefficient (Wildman–Crippen LogP) is 1.57. The van der Waals surface area contributed by atoms with Crippen LogP contribution >= 0.6 is 11.3 Å². The van der Waals surface area contributed by atoms with Crippen LogP contribution in [-0.4, -0.2) is 69.7 Å². The normalized spacial score (nSPS) is 24.7. The fraction of sp³-hybridized carbons (Fsp3) is 0.600. The number of nitrogens with zero attached hydrogens (tertiary/aromatic N) is 5. The van der Waals surface area contributed by atoms with Crippen molar-refractivity contribution < 1.29 is 14.3 Å². The highest BCUT2D eigenvalue weighted by Gasteiger charge is 2.56. The Labute approximate surface area is 174 Å². The number of ether oxygens (including phenoxy) is 1. The van der Waals surface area contributed by atoms with Crippen molar-refractivity contribution in [3.05, 3.63) is 34.0 Å². The van der Waals surface area contributed by atoms with E-state index in [-0.39, 0.29) is 24.3 Å². The van der Waals surface area contributed by atoms with Crippen molar-refractivity contribution >= 4 is 23.2 Å². The van der Waals surface area contributed by atoms with Crippen LogP contribution in [-0.2, 0) is 27.9 Å². The van der Waals surface area contributed by atoms with E-state index in [0.29, 0.717) is 19.6 Å². The summed E-state index contributed by atoms with van der Waals surface area (Å²) < 4.78 is 6.89. The maximum absolute atomic E-state index is 13.8. The van der Waals surface area contributed by atoms with Gasteiger partial charge in [0.2, 0.25) is 11.8 Å². The number of methoxy groups -OCH3 is 1. The Bertz CT molecular complexity index is 910. The lowest BCUT2D eigenvalue weighted by molar-refractivity contribution is -0.148. The van der Waals surface area contributed by atoms with E-state index in [0.717, 1.165) is 35.8 Å². The van der Waals surface area contributed by atoms with Gasteiger partial charge in [-0.05, 0) is 25.8 Å². The highest BCUT2D eigenvalue weighted by atomic mass is 32.1. The molecule has 4 rings (SSSR count). The molecule has 2 fully saturated rings. The van der Waals surface area contributed by atoms with Crippen LogP contribution in [0.2, 0.25) is 0 Å². The van der Waals surface area contributed by atoms with Gasteiger partial charge in [-0.25, -0.2) is 4.98 Å². The summed E-state index contributed by atoms with van der Waals surface area (Å²) in [6.07, 6.45) is 3.44. The fourth-order valence-electron chi connectivity index (χ4n) is 4.82. The van der Waals surface area contributed by atoms with Crippen molar-refractivity contribution in [2.45, 2.75) is 32.2 Å². The van der Waals surface area contributed by atoms with Gasteiger partial charge in [0.15, 0.2) is 0 Å². The molecular formula is C20H27N5O3S. The SMILES string of the molecule is COCC(=O)N1C[C@@H](c2ccnn2C)[C@@]2(CCCN(Cc3csc(C)n3)C2=O)C1. The highest BCUT2D eigenvalue weighted by molar-refractivity contribution is 7.09. The molecule has 2 aliphatic heterocycles. The van der Waals surface area contributed by atoms with Gasteiger partial charge in [0.05, 0.1) is 22.7 Å². The Morgan fingerprint density at radius 2 is 2.28 bits per heavy atom. The summed E-state index contributed by atoms with van der Waals surface area (Å²) in [4.78, 5) is 34.6. The Balaban J connectivity index is 1.66. The maximum atomic E-state index is 13.8. The molecule has 2 aliphatic rings. The van der Waals surface area contributed by atoms with Crippen LogP contribution < -0.4 is 0 Å². The third-order valence-corrected chi connectivity index (χ3v) is 6.99. The van der Waals surface area contributed by atoms with Crippen molar-refractivity contribution in [3.8, 4) is 0 Å². The Morgan fingerprint density at radius 3 is 2.93 bits per heavy atom. The quantitative estimate of drug-likeness (QED) is 0.738. The topological polar surface area (TPSA) is 80.6 Å². The van der Waals surface area contributed by atoms with E-state index in [1.807, 2.05) is 35.0 Å². The molecule has 2 aromatic heterocycles. The molecule has 0 bridgehead atoms. The number of hydrogen-bond acceptors (Lipinski definition) is 6. The van der Waals surface area contributed by atoms with E-state index in [1.54, 1.807) is 22.4 Å². The summed E-state index contributed by atoms with van der Waals surface area (Å²) >= 11 is 1.60. The summed E-state index contributed by atoms with van der Waals surface area (Å²) in [6.45, 7) is 4.19. The number of carbonyl (C=O) groups excluding carboxylic acids is 2. The zero-order valence-electron chi connectivity index (χ0n) is 17.1. The first-order valence-corrected chi connectivity index (χ1v) is 10.8. The average Bonchev–Trinajstić information content (AvgIpc) is 3.39. The maximum Gasteiger partial charge on any atom is 0.248 e. The van der Waals surface area contributed by atoms with Gasteiger partial charge >= 0.3 is 0 Å². The summed E-state index contributed by atoms with van der Waals surface area (Å²) in [7, 11) is 3.41. The Hall–Kier alpha value is -2.26. The van der Waals surface area contributed by atoms with Gasteiger partial charge in [-0.1, -0.05) is 0 Å². The number of carbonyl (C=O) groups is 2. The van der Waals surface area contributed by atoms with Crippen molar-refractivity contribution in [1.29, 1.82) is 0 Å². The molecule has 2 atom stereocenters. The number of aromatic nitrogens is 3. The zero-order valence-corrected chi connectivity index (χ0v) is 17.9. The molecular weight excluding hydrogens is 390 g/mol. The number of amides is 2. The van der Waals surface area contributed by atoms with Gasteiger partial charge in [-0.15, -0.1) is 11.3 Å². The molecule has 29 heavy (non-hydrogen) atoms. The lowest BCUT2D eigenvalue weighted by Crippen LogP contribution is -2.52. The second-order valence-corrected chi connectivity index (χ2v) is 9.05. The first-order chi connectivity index (χ1) is 13.9. The number of piperidine rings is 1. The minimum absolute atomic E-state index is 0.0319. The van der Waals surface area contributed by atoms with Crippen molar-refractivity contribution in [2.24, 2.45) is 12.5 Å². The lowest BCUT2D eigenvalue weighted by atomic mass is 9.70. The largest absolute Gasteiger partial charge is 0.375 e. The van der Waals surface area contributed by atoms with Gasteiger partial charge in [0.25, 0.3) is 0 Å². The minimum atomic E-state index is -0.624. The van der Waals surface area contributed by atoms with Gasteiger partial charge in [0, 0.05) is 57.0 Å².